The summed E-state index contributed by atoms with van der Waals surface area (Å²) in [7, 11) is 0. The Kier molecular flexibility index (Phi) is 5.39. The molecule has 0 aliphatic rings. The van der Waals surface area contributed by atoms with Gasteiger partial charge in [-0.1, -0.05) is 66.2 Å². The third-order valence-corrected chi connectivity index (χ3v) is 4.68. The summed E-state index contributed by atoms with van der Waals surface area (Å²) >= 11 is 0. The summed E-state index contributed by atoms with van der Waals surface area (Å²) in [5, 5.41) is 7.54. The molecule has 30 heavy (non-hydrogen) atoms. The number of rotatable bonds is 4. The highest BCUT2D eigenvalue weighted by molar-refractivity contribution is 6.39. The number of hydrazone groups is 1. The summed E-state index contributed by atoms with van der Waals surface area (Å²) in [6.07, 6.45) is 1.55. The van der Waals surface area contributed by atoms with Crippen LogP contribution in [0.1, 0.15) is 11.1 Å². The molecule has 0 aliphatic carbocycles. The highest BCUT2D eigenvalue weighted by atomic mass is 16.2. The van der Waals surface area contributed by atoms with Crippen molar-refractivity contribution in [1.29, 1.82) is 0 Å². The SMILES string of the molecule is Cc1ccc(NC(=O)C(=O)N/N=C/c2c(-c3ccccc3)[nH]c3ccccc23)cc1. The van der Waals surface area contributed by atoms with Gasteiger partial charge in [0, 0.05) is 22.2 Å². The number of fused-ring (bicyclic) bond motifs is 1. The van der Waals surface area contributed by atoms with E-state index in [2.05, 4.69) is 20.8 Å². The number of hydrogen-bond donors (Lipinski definition) is 3. The van der Waals surface area contributed by atoms with E-state index >= 15 is 0 Å². The molecular formula is C24H20N4O2. The maximum absolute atomic E-state index is 12.1. The number of carbonyl (C=O) groups is 2. The lowest BCUT2D eigenvalue weighted by Crippen LogP contribution is -2.32. The van der Waals surface area contributed by atoms with Gasteiger partial charge in [-0.3, -0.25) is 9.59 Å². The van der Waals surface area contributed by atoms with Gasteiger partial charge in [-0.25, -0.2) is 5.43 Å². The van der Waals surface area contributed by atoms with E-state index in [4.69, 9.17) is 0 Å². The Hall–Kier alpha value is -4.19. The summed E-state index contributed by atoms with van der Waals surface area (Å²) < 4.78 is 0. The second kappa shape index (κ2) is 8.45. The smallest absolute Gasteiger partial charge is 0.329 e. The van der Waals surface area contributed by atoms with Gasteiger partial charge in [0.1, 0.15) is 0 Å². The lowest BCUT2D eigenvalue weighted by Gasteiger charge is -2.04. The average Bonchev–Trinajstić information content (AvgIpc) is 3.14. The first-order valence-corrected chi connectivity index (χ1v) is 9.49. The van der Waals surface area contributed by atoms with Crippen LogP contribution in [0.2, 0.25) is 0 Å². The third-order valence-electron chi connectivity index (χ3n) is 4.68. The largest absolute Gasteiger partial charge is 0.354 e. The number of nitrogens with zero attached hydrogens (tertiary/aromatic N) is 1. The van der Waals surface area contributed by atoms with Crippen LogP contribution in [0.4, 0.5) is 5.69 Å². The van der Waals surface area contributed by atoms with Gasteiger partial charge in [-0.05, 0) is 30.7 Å². The standard InChI is InChI=1S/C24H20N4O2/c1-16-11-13-18(14-12-16)26-23(29)24(30)28-25-15-20-19-9-5-6-10-21(19)27-22(20)17-7-3-2-4-8-17/h2-15,27H,1H3,(H,26,29)(H,28,30)/b25-15+. The van der Waals surface area contributed by atoms with Gasteiger partial charge in [-0.15, -0.1) is 0 Å². The minimum absolute atomic E-state index is 0.549. The van der Waals surface area contributed by atoms with E-state index in [9.17, 15) is 9.59 Å². The molecule has 0 radical (unpaired) electrons. The predicted octanol–water partition coefficient (Wildman–Crippen LogP) is 4.23. The topological polar surface area (TPSA) is 86.3 Å². The molecule has 0 bridgehead atoms. The molecule has 0 atom stereocenters. The Morgan fingerprint density at radius 3 is 2.33 bits per heavy atom. The van der Waals surface area contributed by atoms with E-state index in [1.807, 2.05) is 73.7 Å². The van der Waals surface area contributed by atoms with Gasteiger partial charge in [0.25, 0.3) is 0 Å². The number of anilines is 1. The molecule has 4 aromatic rings. The number of hydrogen-bond acceptors (Lipinski definition) is 3. The number of aromatic nitrogens is 1. The molecule has 0 saturated heterocycles. The van der Waals surface area contributed by atoms with Crippen LogP contribution in [0.25, 0.3) is 22.2 Å². The van der Waals surface area contributed by atoms with Gasteiger partial charge in [0.15, 0.2) is 0 Å². The summed E-state index contributed by atoms with van der Waals surface area (Å²) in [6, 6.07) is 24.9. The van der Waals surface area contributed by atoms with Crippen LogP contribution in [0.3, 0.4) is 0 Å². The number of aromatic amines is 1. The fraction of sp³-hybridized carbons (Fsp3) is 0.0417. The normalized spacial score (nSPS) is 11.0. The summed E-state index contributed by atoms with van der Waals surface area (Å²) in [4.78, 5) is 27.6. The molecule has 0 aliphatic heterocycles. The second-order valence-corrected chi connectivity index (χ2v) is 6.84. The minimum Gasteiger partial charge on any atom is -0.354 e. The second-order valence-electron chi connectivity index (χ2n) is 6.84. The van der Waals surface area contributed by atoms with Gasteiger partial charge >= 0.3 is 11.8 Å². The number of nitrogens with one attached hydrogen (secondary N) is 3. The lowest BCUT2D eigenvalue weighted by atomic mass is 10.1. The zero-order valence-electron chi connectivity index (χ0n) is 16.3. The number of carbonyl (C=O) groups excluding carboxylic acids is 2. The molecule has 4 rings (SSSR count). The molecule has 1 heterocycles. The number of benzene rings is 3. The highest BCUT2D eigenvalue weighted by Crippen LogP contribution is 2.28. The molecule has 6 heteroatoms. The fourth-order valence-electron chi connectivity index (χ4n) is 3.16. The van der Waals surface area contributed by atoms with Gasteiger partial charge in [0.2, 0.25) is 0 Å². The van der Waals surface area contributed by atoms with Crippen molar-refractivity contribution in [1.82, 2.24) is 10.4 Å². The lowest BCUT2D eigenvalue weighted by molar-refractivity contribution is -0.136. The maximum atomic E-state index is 12.1. The summed E-state index contributed by atoms with van der Waals surface area (Å²) in [5.41, 5.74) is 7.59. The molecule has 148 valence electrons. The van der Waals surface area contributed by atoms with Gasteiger partial charge in [0.05, 0.1) is 11.9 Å². The number of aryl methyl sites for hydroxylation is 1. The molecular weight excluding hydrogens is 376 g/mol. The Balaban J connectivity index is 1.53. The van der Waals surface area contributed by atoms with Crippen LogP contribution in [-0.2, 0) is 9.59 Å². The maximum Gasteiger partial charge on any atom is 0.329 e. The van der Waals surface area contributed by atoms with Crippen molar-refractivity contribution >= 4 is 34.6 Å². The van der Waals surface area contributed by atoms with Crippen molar-refractivity contribution in [3.8, 4) is 11.3 Å². The Morgan fingerprint density at radius 2 is 1.57 bits per heavy atom. The first-order chi connectivity index (χ1) is 14.6. The molecule has 6 nitrogen and oxygen atoms in total. The Morgan fingerprint density at radius 1 is 0.867 bits per heavy atom. The van der Waals surface area contributed by atoms with Crippen LogP contribution in [0.5, 0.6) is 0 Å². The number of H-pyrrole nitrogens is 1. The van der Waals surface area contributed by atoms with Crippen molar-refractivity contribution in [2.24, 2.45) is 5.10 Å². The fourth-order valence-corrected chi connectivity index (χ4v) is 3.16. The van der Waals surface area contributed by atoms with Crippen LogP contribution in [0.15, 0.2) is 84.0 Å². The molecule has 3 aromatic carbocycles. The van der Waals surface area contributed by atoms with E-state index in [0.29, 0.717) is 5.69 Å². The van der Waals surface area contributed by atoms with Gasteiger partial charge < -0.3 is 10.3 Å². The average molecular weight is 396 g/mol. The van der Waals surface area contributed by atoms with E-state index in [0.717, 1.165) is 33.3 Å². The Labute approximate surface area is 173 Å². The molecule has 2 amide bonds. The van der Waals surface area contributed by atoms with Gasteiger partial charge in [-0.2, -0.15) is 5.10 Å². The van der Waals surface area contributed by atoms with Crippen LogP contribution in [0, 0.1) is 6.92 Å². The first-order valence-electron chi connectivity index (χ1n) is 9.49. The number of para-hydroxylation sites is 1. The molecule has 0 saturated carbocycles. The van der Waals surface area contributed by atoms with Crippen LogP contribution < -0.4 is 10.7 Å². The predicted molar refractivity (Wildman–Crippen MR) is 119 cm³/mol. The van der Waals surface area contributed by atoms with Crippen molar-refractivity contribution in [3.05, 3.63) is 90.0 Å². The van der Waals surface area contributed by atoms with E-state index < -0.39 is 11.8 Å². The summed E-state index contributed by atoms with van der Waals surface area (Å²) in [5.74, 6) is -1.62. The highest BCUT2D eigenvalue weighted by Gasteiger charge is 2.14. The molecule has 0 spiro atoms. The van der Waals surface area contributed by atoms with E-state index in [1.165, 1.54) is 0 Å². The number of amides is 2. The van der Waals surface area contributed by atoms with Crippen LogP contribution in [-0.4, -0.2) is 23.0 Å². The van der Waals surface area contributed by atoms with Crippen molar-refractivity contribution < 1.29 is 9.59 Å². The molecule has 0 fully saturated rings. The third kappa shape index (κ3) is 4.12. The summed E-state index contributed by atoms with van der Waals surface area (Å²) in [6.45, 7) is 1.95. The molecule has 0 unspecified atom stereocenters. The van der Waals surface area contributed by atoms with E-state index in [1.54, 1.807) is 18.3 Å². The monoisotopic (exact) mass is 396 g/mol. The van der Waals surface area contributed by atoms with E-state index in [-0.39, 0.29) is 0 Å². The quantitative estimate of drug-likeness (QED) is 0.274. The zero-order chi connectivity index (χ0) is 20.9. The zero-order valence-corrected chi connectivity index (χ0v) is 16.3. The molecule has 1 aromatic heterocycles. The van der Waals surface area contributed by atoms with Crippen molar-refractivity contribution in [3.63, 3.8) is 0 Å². The molecule has 3 N–H and O–H groups in total. The van der Waals surface area contributed by atoms with Crippen molar-refractivity contribution in [2.75, 3.05) is 5.32 Å². The Bertz CT molecular complexity index is 1230. The first kappa shape index (κ1) is 19.1. The van der Waals surface area contributed by atoms with Crippen molar-refractivity contribution in [2.45, 2.75) is 6.92 Å². The van der Waals surface area contributed by atoms with Crippen LogP contribution >= 0.6 is 0 Å². The minimum atomic E-state index is -0.840.